The van der Waals surface area contributed by atoms with Crippen molar-refractivity contribution in [3.05, 3.63) is 138 Å². The molecule has 0 bridgehead atoms. The molecular weight excluding hydrogens is 836 g/mol. The van der Waals surface area contributed by atoms with Gasteiger partial charge >= 0.3 is 5.97 Å². The third kappa shape index (κ3) is 7.25. The molecule has 0 saturated carbocycles. The second-order valence-corrected chi connectivity index (χ2v) is 13.3. The van der Waals surface area contributed by atoms with Gasteiger partial charge in [-0.25, -0.2) is 9.79 Å². The number of fused-ring (bicyclic) bond motifs is 1. The van der Waals surface area contributed by atoms with Crippen LogP contribution in [0.25, 0.3) is 6.08 Å². The number of hydrogen-bond acceptors (Lipinski definition) is 9. The van der Waals surface area contributed by atoms with E-state index in [0.29, 0.717) is 38.7 Å². The van der Waals surface area contributed by atoms with Crippen molar-refractivity contribution in [3.63, 3.8) is 0 Å². The highest BCUT2D eigenvalue weighted by Crippen LogP contribution is 2.32. The molecule has 10 nitrogen and oxygen atoms in total. The van der Waals surface area contributed by atoms with Crippen molar-refractivity contribution in [1.82, 2.24) is 4.57 Å². The van der Waals surface area contributed by atoms with Crippen LogP contribution in [0.4, 0.5) is 5.69 Å². The van der Waals surface area contributed by atoms with Gasteiger partial charge in [0.25, 0.3) is 11.2 Å². The first kappa shape index (κ1) is 33.5. The van der Waals surface area contributed by atoms with Gasteiger partial charge < -0.3 is 14.2 Å². The highest BCUT2D eigenvalue weighted by molar-refractivity contribution is 14.1. The van der Waals surface area contributed by atoms with Crippen LogP contribution >= 0.6 is 56.5 Å². The smallest absolute Gasteiger partial charge is 0.338 e. The van der Waals surface area contributed by atoms with E-state index in [0.717, 1.165) is 23.8 Å². The Morgan fingerprint density at radius 1 is 1.11 bits per heavy atom. The Hall–Kier alpha value is -3.83. The van der Waals surface area contributed by atoms with E-state index >= 15 is 0 Å². The monoisotopic (exact) mass is 863 g/mol. The summed E-state index contributed by atoms with van der Waals surface area (Å²) in [5.41, 5.74) is 2.85. The second kappa shape index (κ2) is 14.7. The SMILES string of the molecule is C=CCOc1ccc([C@H]2C(C(=O)OCC)=C(C)N=c3s/c(=C\c4cc(I)c(OCc5ccc([N+](=O)[O-])cc5)c(I)c4)c(=O)n32)cc1. The summed E-state index contributed by atoms with van der Waals surface area (Å²) in [6, 6.07) is 16.6. The Labute approximate surface area is 295 Å². The minimum atomic E-state index is -0.735. The van der Waals surface area contributed by atoms with E-state index in [1.807, 2.05) is 24.3 Å². The number of aromatic nitrogens is 1. The third-order valence-corrected chi connectivity index (χ3v) is 9.51. The van der Waals surface area contributed by atoms with E-state index in [2.05, 4.69) is 56.8 Å². The Morgan fingerprint density at radius 2 is 1.78 bits per heavy atom. The van der Waals surface area contributed by atoms with Crippen LogP contribution in [0.1, 0.15) is 36.6 Å². The molecule has 1 aliphatic rings. The molecule has 0 radical (unpaired) electrons. The number of non-ortho nitro benzene ring substituents is 1. The fourth-order valence-corrected chi connectivity index (χ4v) is 8.00. The zero-order chi connectivity index (χ0) is 33.0. The predicted octanol–water partition coefficient (Wildman–Crippen LogP) is 6.06. The highest BCUT2D eigenvalue weighted by atomic mass is 127. The second-order valence-electron chi connectivity index (χ2n) is 10.00. The van der Waals surface area contributed by atoms with Crippen molar-refractivity contribution >= 4 is 74.3 Å². The van der Waals surface area contributed by atoms with E-state index in [1.165, 1.54) is 23.5 Å². The fraction of sp³-hybridized carbons (Fsp3) is 0.182. The summed E-state index contributed by atoms with van der Waals surface area (Å²) in [7, 11) is 0. The lowest BCUT2D eigenvalue weighted by Crippen LogP contribution is -2.39. The first-order chi connectivity index (χ1) is 22.1. The Bertz CT molecular complexity index is 2010. The van der Waals surface area contributed by atoms with Gasteiger partial charge in [0.05, 0.1) is 40.5 Å². The van der Waals surface area contributed by atoms with E-state index in [-0.39, 0.29) is 24.5 Å². The molecule has 3 aromatic carbocycles. The number of allylic oxidation sites excluding steroid dienone is 1. The number of thiazole rings is 1. The Kier molecular flexibility index (Phi) is 10.7. The number of nitro groups is 1. The van der Waals surface area contributed by atoms with Gasteiger partial charge in [0.1, 0.15) is 24.7 Å². The number of rotatable bonds is 11. The van der Waals surface area contributed by atoms with Crippen molar-refractivity contribution < 1.29 is 23.9 Å². The molecule has 0 spiro atoms. The van der Waals surface area contributed by atoms with Gasteiger partial charge in [-0.3, -0.25) is 19.5 Å². The molecule has 0 saturated heterocycles. The average molecular weight is 863 g/mol. The number of carbonyl (C=O) groups is 1. The molecule has 46 heavy (non-hydrogen) atoms. The summed E-state index contributed by atoms with van der Waals surface area (Å²) in [6.07, 6.45) is 3.46. The topological polar surface area (TPSA) is 122 Å². The van der Waals surface area contributed by atoms with Crippen molar-refractivity contribution in [1.29, 1.82) is 0 Å². The van der Waals surface area contributed by atoms with Gasteiger partial charge in [0.15, 0.2) is 4.80 Å². The molecule has 13 heteroatoms. The maximum Gasteiger partial charge on any atom is 0.338 e. The van der Waals surface area contributed by atoms with Crippen molar-refractivity contribution in [2.24, 2.45) is 4.99 Å². The number of carbonyl (C=O) groups excluding carboxylic acids is 1. The van der Waals surface area contributed by atoms with Crippen molar-refractivity contribution in [3.8, 4) is 11.5 Å². The first-order valence-corrected chi connectivity index (χ1v) is 17.0. The minimum Gasteiger partial charge on any atom is -0.490 e. The third-order valence-electron chi connectivity index (χ3n) is 6.93. The number of ether oxygens (including phenoxy) is 3. The number of nitro benzene ring substituents is 1. The Morgan fingerprint density at radius 3 is 2.39 bits per heavy atom. The average Bonchev–Trinajstić information content (AvgIpc) is 3.33. The summed E-state index contributed by atoms with van der Waals surface area (Å²) in [5, 5.41) is 10.9. The first-order valence-electron chi connectivity index (χ1n) is 14.0. The number of nitrogens with zero attached hydrogens (tertiary/aromatic N) is 3. The Balaban J connectivity index is 1.50. The largest absolute Gasteiger partial charge is 0.490 e. The molecule has 236 valence electrons. The summed E-state index contributed by atoms with van der Waals surface area (Å²) in [4.78, 5) is 42.8. The van der Waals surface area contributed by atoms with Gasteiger partial charge in [-0.05, 0) is 118 Å². The van der Waals surface area contributed by atoms with Crippen LogP contribution in [0.5, 0.6) is 11.5 Å². The molecule has 0 fully saturated rings. The van der Waals surface area contributed by atoms with E-state index in [1.54, 1.807) is 54.8 Å². The van der Waals surface area contributed by atoms with Gasteiger partial charge in [-0.15, -0.1) is 0 Å². The summed E-state index contributed by atoms with van der Waals surface area (Å²) >= 11 is 5.62. The van der Waals surface area contributed by atoms with Crippen LogP contribution in [0.3, 0.4) is 0 Å². The lowest BCUT2D eigenvalue weighted by molar-refractivity contribution is -0.384. The lowest BCUT2D eigenvalue weighted by atomic mass is 9.96. The lowest BCUT2D eigenvalue weighted by Gasteiger charge is -2.24. The van der Waals surface area contributed by atoms with Crippen LogP contribution in [-0.4, -0.2) is 28.7 Å². The number of halogens is 2. The maximum absolute atomic E-state index is 14.0. The maximum atomic E-state index is 14.0. The zero-order valence-electron chi connectivity index (χ0n) is 24.7. The minimum absolute atomic E-state index is 0.0212. The zero-order valence-corrected chi connectivity index (χ0v) is 29.8. The van der Waals surface area contributed by atoms with Crippen molar-refractivity contribution in [2.75, 3.05) is 13.2 Å². The fourth-order valence-electron chi connectivity index (χ4n) is 4.83. The van der Waals surface area contributed by atoms with E-state index < -0.39 is 16.9 Å². The molecule has 0 aliphatic carbocycles. The molecule has 1 atom stereocenters. The van der Waals surface area contributed by atoms with Crippen molar-refractivity contribution in [2.45, 2.75) is 26.5 Å². The van der Waals surface area contributed by atoms with Gasteiger partial charge in [0, 0.05) is 12.1 Å². The molecule has 5 rings (SSSR count). The van der Waals surface area contributed by atoms with Crippen LogP contribution in [0.2, 0.25) is 0 Å². The highest BCUT2D eigenvalue weighted by Gasteiger charge is 2.33. The predicted molar refractivity (Wildman–Crippen MR) is 192 cm³/mol. The number of esters is 1. The van der Waals surface area contributed by atoms with Crippen LogP contribution in [-0.2, 0) is 16.1 Å². The molecule has 2 heterocycles. The summed E-state index contributed by atoms with van der Waals surface area (Å²) in [5.74, 6) is 0.788. The normalized spacial score (nSPS) is 14.3. The molecule has 0 unspecified atom stereocenters. The number of benzene rings is 3. The van der Waals surface area contributed by atoms with Gasteiger partial charge in [0.2, 0.25) is 0 Å². The summed E-state index contributed by atoms with van der Waals surface area (Å²) in [6.45, 7) is 7.94. The summed E-state index contributed by atoms with van der Waals surface area (Å²) < 4.78 is 20.8. The molecule has 4 aromatic rings. The molecule has 1 aliphatic heterocycles. The quantitative estimate of drug-likeness (QED) is 0.0591. The standard InChI is InChI=1S/C33H27I2N3O7S/c1-4-14-44-24-12-8-22(9-13-24)29-28(32(40)43-5-2)19(3)36-33-37(29)31(39)27(46-33)17-21-15-25(34)30(26(35)16-21)45-18-20-6-10-23(11-7-20)38(41)42/h4,6-13,15-17,29H,1,5,14,18H2,2-3H3/b27-17-/t29-/m0/s1. The van der Waals surface area contributed by atoms with Crippen LogP contribution < -0.4 is 24.4 Å². The molecule has 0 amide bonds. The van der Waals surface area contributed by atoms with E-state index in [9.17, 15) is 19.7 Å². The number of hydrogen-bond donors (Lipinski definition) is 0. The van der Waals surface area contributed by atoms with Crippen LogP contribution in [0, 0.1) is 17.3 Å². The van der Waals surface area contributed by atoms with E-state index in [4.69, 9.17) is 14.2 Å². The molecular formula is C33H27I2N3O7S. The van der Waals surface area contributed by atoms with Gasteiger partial charge in [-0.2, -0.15) is 0 Å². The molecule has 0 N–H and O–H groups in total. The molecule has 1 aromatic heterocycles. The van der Waals surface area contributed by atoms with Crippen LogP contribution in [0.15, 0.2) is 94.4 Å². The van der Waals surface area contributed by atoms with Gasteiger partial charge in [-0.1, -0.05) is 36.1 Å².